The molecule has 3 fully saturated rings. The lowest BCUT2D eigenvalue weighted by atomic mass is 9.32. The molecular formula is C32H45NO3. The van der Waals surface area contributed by atoms with E-state index in [0.29, 0.717) is 0 Å². The van der Waals surface area contributed by atoms with Gasteiger partial charge in [0, 0.05) is 22.2 Å². The molecule has 0 aromatic rings. The predicted molar refractivity (Wildman–Crippen MR) is 142 cm³/mol. The zero-order chi connectivity index (χ0) is 26.7. The van der Waals surface area contributed by atoms with Crippen molar-refractivity contribution in [2.24, 2.45) is 44.3 Å². The Morgan fingerprint density at radius 2 is 1.61 bits per heavy atom. The van der Waals surface area contributed by atoms with Crippen LogP contribution in [0.4, 0.5) is 0 Å². The van der Waals surface area contributed by atoms with E-state index in [9.17, 15) is 14.7 Å². The first-order valence-corrected chi connectivity index (χ1v) is 14.1. The average Bonchev–Trinajstić information content (AvgIpc) is 2.80. The fourth-order valence-corrected chi connectivity index (χ4v) is 10.3. The predicted octanol–water partition coefficient (Wildman–Crippen LogP) is 7.08. The van der Waals surface area contributed by atoms with Crippen LogP contribution >= 0.6 is 0 Å². The van der Waals surface area contributed by atoms with Crippen LogP contribution in [0.25, 0.3) is 4.85 Å². The van der Waals surface area contributed by atoms with E-state index < -0.39 is 21.8 Å². The Morgan fingerprint density at radius 3 is 2.22 bits per heavy atom. The van der Waals surface area contributed by atoms with Crippen molar-refractivity contribution in [2.45, 2.75) is 112 Å². The van der Waals surface area contributed by atoms with Crippen molar-refractivity contribution >= 4 is 11.6 Å². The van der Waals surface area contributed by atoms with E-state index in [4.69, 9.17) is 6.57 Å². The molecular weight excluding hydrogens is 446 g/mol. The molecule has 0 radical (unpaired) electrons. The lowest BCUT2D eigenvalue weighted by Gasteiger charge is -2.72. The number of fused-ring (bicyclic) bond motifs is 7. The molecule has 0 aromatic carbocycles. The molecule has 0 aromatic heterocycles. The summed E-state index contributed by atoms with van der Waals surface area (Å²) >= 11 is 0. The number of rotatable bonds is 1. The molecule has 196 valence electrons. The van der Waals surface area contributed by atoms with Gasteiger partial charge in [-0.3, -0.25) is 4.79 Å². The summed E-state index contributed by atoms with van der Waals surface area (Å²) in [7, 11) is 0. The fourth-order valence-electron chi connectivity index (χ4n) is 10.3. The molecule has 5 aliphatic rings. The van der Waals surface area contributed by atoms with E-state index in [2.05, 4.69) is 46.4 Å². The zero-order valence-electron chi connectivity index (χ0n) is 23.7. The summed E-state index contributed by atoms with van der Waals surface area (Å²) in [6, 6.07) is 0. The standard InChI is InChI=1S/C32H45NO3/c1-10-31-15-13-26(2,3)19-23(31)32(36)24(34)17-22-28(6)18-20(33-9)25(35)27(4,5)21(28)11-12-29(22,7)30(32,8)14-16-31/h17-18,21,23,36H,10-16,19H2,1-8H3/t21-,23+,28-,29+,30-,31+,32+/m0/s1. The number of allylic oxidation sites excluding steroid dienone is 3. The van der Waals surface area contributed by atoms with Gasteiger partial charge in [0.15, 0.2) is 11.6 Å². The molecule has 7 atom stereocenters. The Hall–Kier alpha value is -1.73. The molecule has 1 N–H and O–H groups in total. The second-order valence-corrected chi connectivity index (χ2v) is 15.1. The van der Waals surface area contributed by atoms with Crippen LogP contribution in [-0.4, -0.2) is 22.3 Å². The quantitative estimate of drug-likeness (QED) is 0.399. The monoisotopic (exact) mass is 491 g/mol. The Bertz CT molecular complexity index is 1150. The smallest absolute Gasteiger partial charge is 0.226 e. The van der Waals surface area contributed by atoms with Crippen LogP contribution in [0.1, 0.15) is 107 Å². The van der Waals surface area contributed by atoms with Crippen molar-refractivity contribution in [3.63, 3.8) is 0 Å². The van der Waals surface area contributed by atoms with Crippen LogP contribution in [0.3, 0.4) is 0 Å². The molecule has 0 aliphatic heterocycles. The number of hydrogen-bond donors (Lipinski definition) is 1. The van der Waals surface area contributed by atoms with Gasteiger partial charge in [-0.15, -0.1) is 0 Å². The largest absolute Gasteiger partial charge is 0.381 e. The minimum atomic E-state index is -1.40. The van der Waals surface area contributed by atoms with Gasteiger partial charge in [0.05, 0.1) is 6.57 Å². The molecule has 5 aliphatic carbocycles. The third-order valence-electron chi connectivity index (χ3n) is 12.9. The third kappa shape index (κ3) is 2.74. The van der Waals surface area contributed by atoms with E-state index in [-0.39, 0.29) is 45.3 Å². The molecule has 0 unspecified atom stereocenters. The van der Waals surface area contributed by atoms with Gasteiger partial charge in [-0.1, -0.05) is 73.5 Å². The number of Topliss-reactive ketones (excluding diaryl/α,β-unsaturated/α-hetero) is 1. The lowest BCUT2D eigenvalue weighted by Crippen LogP contribution is -2.74. The molecule has 0 heterocycles. The summed E-state index contributed by atoms with van der Waals surface area (Å²) in [5, 5.41) is 12.9. The van der Waals surface area contributed by atoms with Crippen molar-refractivity contribution in [2.75, 3.05) is 0 Å². The first-order valence-electron chi connectivity index (χ1n) is 14.1. The fraction of sp³-hybridized carbons (Fsp3) is 0.781. The molecule has 0 spiro atoms. The molecule has 36 heavy (non-hydrogen) atoms. The Balaban J connectivity index is 1.74. The van der Waals surface area contributed by atoms with Crippen LogP contribution in [0, 0.1) is 50.9 Å². The molecule has 4 nitrogen and oxygen atoms in total. The second-order valence-electron chi connectivity index (χ2n) is 15.1. The van der Waals surface area contributed by atoms with E-state index in [0.717, 1.165) is 56.9 Å². The lowest BCUT2D eigenvalue weighted by molar-refractivity contribution is -0.246. The number of carbonyl (C=O) groups is 2. The molecule has 4 heteroatoms. The van der Waals surface area contributed by atoms with Gasteiger partial charge < -0.3 is 9.90 Å². The number of ketones is 2. The van der Waals surface area contributed by atoms with Crippen molar-refractivity contribution < 1.29 is 14.7 Å². The molecule has 0 amide bonds. The number of carbonyl (C=O) groups excluding carboxylic acids is 2. The third-order valence-corrected chi connectivity index (χ3v) is 12.9. The van der Waals surface area contributed by atoms with Gasteiger partial charge in [-0.2, -0.15) is 0 Å². The van der Waals surface area contributed by atoms with E-state index in [1.165, 1.54) is 0 Å². The van der Waals surface area contributed by atoms with Crippen molar-refractivity contribution in [1.29, 1.82) is 0 Å². The number of hydrogen-bond acceptors (Lipinski definition) is 3. The highest BCUT2D eigenvalue weighted by Crippen LogP contribution is 2.75. The van der Waals surface area contributed by atoms with Gasteiger partial charge in [-0.25, -0.2) is 4.85 Å². The van der Waals surface area contributed by atoms with Gasteiger partial charge in [0.1, 0.15) is 5.60 Å². The highest BCUT2D eigenvalue weighted by atomic mass is 16.3. The SMILES string of the molecule is [C-]#[N+]C1=C[C@]2(C)C3=CC(=O)[C@]4(O)[C@@H]5CC(C)(C)CC[C@]5(CC)CC[C@@]4(C)[C@]3(C)CC[C@H]2C(C)(C)C1=O. The van der Waals surface area contributed by atoms with E-state index >= 15 is 0 Å². The van der Waals surface area contributed by atoms with Crippen LogP contribution < -0.4 is 0 Å². The molecule has 5 rings (SSSR count). The van der Waals surface area contributed by atoms with Gasteiger partial charge >= 0.3 is 0 Å². The maximum atomic E-state index is 14.4. The zero-order valence-corrected chi connectivity index (χ0v) is 23.7. The summed E-state index contributed by atoms with van der Waals surface area (Å²) < 4.78 is 0. The Morgan fingerprint density at radius 1 is 0.972 bits per heavy atom. The van der Waals surface area contributed by atoms with Crippen LogP contribution in [-0.2, 0) is 9.59 Å². The van der Waals surface area contributed by atoms with Gasteiger partial charge in [0.25, 0.3) is 0 Å². The highest BCUT2D eigenvalue weighted by Gasteiger charge is 2.75. The molecule has 0 bridgehead atoms. The summed E-state index contributed by atoms with van der Waals surface area (Å²) in [4.78, 5) is 31.2. The second kappa shape index (κ2) is 7.22. The van der Waals surface area contributed by atoms with Gasteiger partial charge in [-0.05, 0) is 73.2 Å². The summed E-state index contributed by atoms with van der Waals surface area (Å²) in [6.07, 6.45) is 11.3. The Kier molecular flexibility index (Phi) is 5.19. The number of aliphatic hydroxyl groups is 1. The first kappa shape index (κ1) is 25.9. The van der Waals surface area contributed by atoms with Crippen LogP contribution in [0.15, 0.2) is 23.4 Å². The summed E-state index contributed by atoms with van der Waals surface area (Å²) in [5.74, 6) is -0.239. The van der Waals surface area contributed by atoms with Crippen molar-refractivity contribution in [1.82, 2.24) is 0 Å². The van der Waals surface area contributed by atoms with Crippen LogP contribution in [0.5, 0.6) is 0 Å². The average molecular weight is 492 g/mol. The van der Waals surface area contributed by atoms with Crippen molar-refractivity contribution in [3.05, 3.63) is 34.8 Å². The molecule has 3 saturated carbocycles. The summed E-state index contributed by atoms with van der Waals surface area (Å²) in [5.41, 5.74) is -2.24. The number of nitrogens with zero attached hydrogens (tertiary/aromatic N) is 1. The Labute approximate surface area is 217 Å². The maximum Gasteiger partial charge on any atom is 0.226 e. The van der Waals surface area contributed by atoms with E-state index in [1.54, 1.807) is 6.08 Å². The maximum absolute atomic E-state index is 14.4. The minimum Gasteiger partial charge on any atom is -0.381 e. The highest BCUT2D eigenvalue weighted by molar-refractivity contribution is 6.04. The normalized spacial score (nSPS) is 48.9. The minimum absolute atomic E-state index is 0.0126. The topological polar surface area (TPSA) is 58.7 Å². The first-order chi connectivity index (χ1) is 16.5. The van der Waals surface area contributed by atoms with Crippen LogP contribution in [0.2, 0.25) is 0 Å². The summed E-state index contributed by atoms with van der Waals surface area (Å²) in [6.45, 7) is 25.1. The van der Waals surface area contributed by atoms with E-state index in [1.807, 2.05) is 19.9 Å². The molecule has 0 saturated heterocycles. The van der Waals surface area contributed by atoms with Gasteiger partial charge in [0.2, 0.25) is 5.70 Å². The van der Waals surface area contributed by atoms with Crippen molar-refractivity contribution in [3.8, 4) is 0 Å².